The Morgan fingerprint density at radius 2 is 1.82 bits per heavy atom. The zero-order valence-corrected chi connectivity index (χ0v) is 12.2. The lowest BCUT2D eigenvalue weighted by atomic mass is 9.89. The lowest BCUT2D eigenvalue weighted by Crippen LogP contribution is -2.07. The minimum atomic E-state index is 0.159. The van der Waals surface area contributed by atoms with Crippen LogP contribution in [0.4, 0.5) is 0 Å². The Morgan fingerprint density at radius 1 is 1.18 bits per heavy atom. The van der Waals surface area contributed by atoms with E-state index in [9.17, 15) is 0 Å². The Bertz CT molecular complexity index is 320. The van der Waals surface area contributed by atoms with Crippen LogP contribution in [0.1, 0.15) is 69.6 Å². The first kappa shape index (κ1) is 14.5. The summed E-state index contributed by atoms with van der Waals surface area (Å²) in [7, 11) is 3.20. The summed E-state index contributed by atoms with van der Waals surface area (Å²) in [6, 6.07) is 8.65. The molecule has 1 aromatic carbocycles. The molecule has 0 spiro atoms. The molecule has 0 aliphatic carbocycles. The molecule has 0 fully saturated rings. The fourth-order valence-corrected chi connectivity index (χ4v) is 2.58. The molecule has 2 unspecified atom stereocenters. The normalized spacial score (nSPS) is 14.6. The topological polar surface area (TPSA) is 9.23 Å². The van der Waals surface area contributed by atoms with Crippen LogP contribution in [0.3, 0.4) is 0 Å². The van der Waals surface area contributed by atoms with Gasteiger partial charge in [-0.25, -0.2) is 0 Å². The van der Waals surface area contributed by atoms with Crippen molar-refractivity contribution in [2.75, 3.05) is 0 Å². The molecular weight excluding hydrogens is 224 g/mol. The summed E-state index contributed by atoms with van der Waals surface area (Å²) in [6.07, 6.45) is 4.96. The molecule has 0 aliphatic heterocycles. The first-order chi connectivity index (χ1) is 8.24. The van der Waals surface area contributed by atoms with Crippen LogP contribution in [0.15, 0.2) is 24.3 Å². The van der Waals surface area contributed by atoms with Gasteiger partial charge >= 0.3 is 0 Å². The molecule has 1 nitrogen and oxygen atoms in total. The van der Waals surface area contributed by atoms with Crippen molar-refractivity contribution in [2.24, 2.45) is 0 Å². The highest BCUT2D eigenvalue weighted by Crippen LogP contribution is 2.31. The molecule has 1 aromatic rings. The highest BCUT2D eigenvalue weighted by Gasteiger charge is 2.15. The number of benzene rings is 1. The second-order valence-corrected chi connectivity index (χ2v) is 4.92. The smallest absolute Gasteiger partial charge is 0.247 e. The maximum absolute atomic E-state index is 5.39. The summed E-state index contributed by atoms with van der Waals surface area (Å²) in [5, 5.41) is 0. The second-order valence-electron chi connectivity index (χ2n) is 4.69. The van der Waals surface area contributed by atoms with E-state index in [0.29, 0.717) is 5.92 Å². The maximum Gasteiger partial charge on any atom is 0.247 e. The number of hydrogen-bond acceptors (Lipinski definition) is 1. The van der Waals surface area contributed by atoms with E-state index in [1.807, 2.05) is 0 Å². The molecule has 0 heterocycles. The van der Waals surface area contributed by atoms with Crippen molar-refractivity contribution in [1.82, 2.24) is 0 Å². The first-order valence-corrected chi connectivity index (χ1v) is 7.06. The molecule has 0 aromatic heterocycles. The van der Waals surface area contributed by atoms with Crippen LogP contribution < -0.4 is 0 Å². The van der Waals surface area contributed by atoms with Crippen molar-refractivity contribution < 1.29 is 4.43 Å². The average Bonchev–Trinajstić information content (AvgIpc) is 2.38. The highest BCUT2D eigenvalue weighted by molar-refractivity contribution is 5.98. The molecule has 0 aliphatic rings. The van der Waals surface area contributed by atoms with Gasteiger partial charge in [-0.05, 0) is 29.9 Å². The van der Waals surface area contributed by atoms with Crippen LogP contribution in [-0.4, -0.2) is 10.5 Å². The molecule has 2 heteroatoms. The molecule has 0 amide bonds. The van der Waals surface area contributed by atoms with Crippen molar-refractivity contribution in [1.29, 1.82) is 0 Å². The number of rotatable bonds is 7. The predicted octanol–water partition coefficient (Wildman–Crippen LogP) is 4.53. The Hall–Kier alpha value is -0.603. The van der Waals surface area contributed by atoms with Gasteiger partial charge in [-0.3, -0.25) is 0 Å². The van der Waals surface area contributed by atoms with Crippen molar-refractivity contribution in [3.8, 4) is 0 Å². The van der Waals surface area contributed by atoms with Gasteiger partial charge in [0.1, 0.15) is 0 Å². The monoisotopic (exact) mass is 247 g/mol. The van der Waals surface area contributed by atoms with Gasteiger partial charge in [-0.1, -0.05) is 57.9 Å². The zero-order chi connectivity index (χ0) is 12.7. The molecule has 1 rings (SSSR count). The van der Waals surface area contributed by atoms with Gasteiger partial charge in [-0.2, -0.15) is 0 Å². The van der Waals surface area contributed by atoms with E-state index in [1.54, 1.807) is 0 Å². The minimum Gasteiger partial charge on any atom is -0.412 e. The van der Waals surface area contributed by atoms with Gasteiger partial charge in [0.2, 0.25) is 10.5 Å². The summed E-state index contributed by atoms with van der Waals surface area (Å²) in [4.78, 5) is 0. The van der Waals surface area contributed by atoms with Crippen LogP contribution in [0, 0.1) is 0 Å². The third-order valence-corrected chi connectivity index (χ3v) is 3.66. The fraction of sp³-hybridized carbons (Fsp3) is 0.600. The van der Waals surface area contributed by atoms with Crippen molar-refractivity contribution in [3.05, 3.63) is 35.4 Å². The van der Waals surface area contributed by atoms with E-state index in [4.69, 9.17) is 4.43 Å². The number of unbranched alkanes of at least 4 members (excludes halogenated alkanes) is 1. The van der Waals surface area contributed by atoms with Gasteiger partial charge in [0.25, 0.3) is 0 Å². The molecule has 0 bridgehead atoms. The standard InChI is InChI=1S/C15H23OSi/c1-4-6-9-12(3)13-10-7-8-11-14(13)15(5-2)16-17/h7-8,10-12,15H,4-6,9H2,1-3H3. The Balaban J connectivity index is 2.90. The van der Waals surface area contributed by atoms with Gasteiger partial charge in [0.05, 0.1) is 6.10 Å². The van der Waals surface area contributed by atoms with Crippen molar-refractivity contribution in [3.63, 3.8) is 0 Å². The fourth-order valence-electron chi connectivity index (χ4n) is 2.29. The first-order valence-electron chi connectivity index (χ1n) is 6.65. The summed E-state index contributed by atoms with van der Waals surface area (Å²) in [5.74, 6) is 0.613. The molecule has 3 radical (unpaired) electrons. The third kappa shape index (κ3) is 3.97. The van der Waals surface area contributed by atoms with Crippen LogP contribution >= 0.6 is 0 Å². The lowest BCUT2D eigenvalue weighted by Gasteiger charge is -2.21. The highest BCUT2D eigenvalue weighted by atomic mass is 28.2. The molecule has 0 saturated carbocycles. The molecule has 0 saturated heterocycles. The number of hydrogen-bond donors (Lipinski definition) is 0. The van der Waals surface area contributed by atoms with E-state index in [0.717, 1.165) is 6.42 Å². The van der Waals surface area contributed by atoms with Crippen LogP contribution in [-0.2, 0) is 4.43 Å². The van der Waals surface area contributed by atoms with Crippen LogP contribution in [0.25, 0.3) is 0 Å². The molecule has 17 heavy (non-hydrogen) atoms. The maximum atomic E-state index is 5.39. The van der Waals surface area contributed by atoms with E-state index < -0.39 is 0 Å². The quantitative estimate of drug-likeness (QED) is 0.643. The van der Waals surface area contributed by atoms with E-state index in [-0.39, 0.29) is 6.10 Å². The average molecular weight is 247 g/mol. The Labute approximate surface area is 109 Å². The summed E-state index contributed by atoms with van der Waals surface area (Å²) in [6.45, 7) is 6.71. The predicted molar refractivity (Wildman–Crippen MR) is 74.3 cm³/mol. The minimum absolute atomic E-state index is 0.159. The third-order valence-electron chi connectivity index (χ3n) is 3.38. The zero-order valence-electron chi connectivity index (χ0n) is 11.2. The lowest BCUT2D eigenvalue weighted by molar-refractivity contribution is 0.220. The largest absolute Gasteiger partial charge is 0.412 e. The van der Waals surface area contributed by atoms with E-state index in [2.05, 4.69) is 55.5 Å². The van der Waals surface area contributed by atoms with E-state index >= 15 is 0 Å². The van der Waals surface area contributed by atoms with Crippen LogP contribution in [0.2, 0.25) is 0 Å². The summed E-state index contributed by atoms with van der Waals surface area (Å²) >= 11 is 0. The van der Waals surface area contributed by atoms with Gasteiger partial charge in [-0.15, -0.1) is 0 Å². The second kappa shape index (κ2) is 7.67. The molecule has 2 atom stereocenters. The van der Waals surface area contributed by atoms with Crippen molar-refractivity contribution in [2.45, 2.75) is 58.5 Å². The van der Waals surface area contributed by atoms with Gasteiger partial charge in [0.15, 0.2) is 0 Å². The molecule has 93 valence electrons. The van der Waals surface area contributed by atoms with Gasteiger partial charge in [0, 0.05) is 0 Å². The molecule has 0 N–H and O–H groups in total. The van der Waals surface area contributed by atoms with Crippen molar-refractivity contribution >= 4 is 10.5 Å². The summed E-state index contributed by atoms with van der Waals surface area (Å²) in [5.41, 5.74) is 2.76. The van der Waals surface area contributed by atoms with Gasteiger partial charge < -0.3 is 4.43 Å². The Kier molecular flexibility index (Phi) is 6.52. The van der Waals surface area contributed by atoms with E-state index in [1.165, 1.54) is 30.4 Å². The molecular formula is C15H23OSi. The Morgan fingerprint density at radius 3 is 2.35 bits per heavy atom. The summed E-state index contributed by atoms with van der Waals surface area (Å²) < 4.78 is 5.39. The van der Waals surface area contributed by atoms with Crippen LogP contribution in [0.5, 0.6) is 0 Å². The SMILES string of the molecule is CCCCC(C)c1ccccc1C(CC)O[Si].